The molecule has 8 nitrogen and oxygen atoms in total. The fraction of sp³-hybridized carbons (Fsp3) is 0.125. The largest absolute Gasteiger partial charge is 0.497 e. The van der Waals surface area contributed by atoms with Crippen LogP contribution in [-0.2, 0) is 10.0 Å². The second-order valence-electron chi connectivity index (χ2n) is 7.69. The summed E-state index contributed by atoms with van der Waals surface area (Å²) in [6.07, 6.45) is 0. The molecule has 0 bridgehead atoms. The number of sulfonamides is 1. The highest BCUT2D eigenvalue weighted by Crippen LogP contribution is 2.32. The summed E-state index contributed by atoms with van der Waals surface area (Å²) in [4.78, 5) is 0.183. The van der Waals surface area contributed by atoms with Crippen molar-refractivity contribution < 1.29 is 13.2 Å². The molecule has 0 fully saturated rings. The average molecular weight is 460 g/mol. The van der Waals surface area contributed by atoms with Gasteiger partial charge in [0, 0.05) is 22.0 Å². The maximum absolute atomic E-state index is 13.3. The Labute approximate surface area is 190 Å². The lowest BCUT2D eigenvalue weighted by Gasteiger charge is -2.13. The van der Waals surface area contributed by atoms with Gasteiger partial charge in [0.1, 0.15) is 5.75 Å². The van der Waals surface area contributed by atoms with Crippen molar-refractivity contribution in [2.45, 2.75) is 18.7 Å². The Balaban J connectivity index is 1.64. The van der Waals surface area contributed by atoms with Gasteiger partial charge in [-0.25, -0.2) is 8.42 Å². The van der Waals surface area contributed by atoms with Crippen molar-refractivity contribution in [1.82, 2.24) is 19.8 Å². The molecule has 3 aromatic carbocycles. The van der Waals surface area contributed by atoms with E-state index >= 15 is 0 Å². The second kappa shape index (κ2) is 7.86. The number of aryl methyl sites for hydroxylation is 2. The standard InChI is InChI=1S/C24H21N5O3S/c1-15-8-9-17(14-22(15)33(30,31)28-18-10-12-19(32-3)13-11-18)23-20-6-4-5-7-21(20)24-26-25-16(2)29(24)27-23/h4-14,28H,1-3H3. The number of nitrogens with zero attached hydrogens (tertiary/aromatic N) is 4. The second-order valence-corrected chi connectivity index (χ2v) is 9.34. The molecule has 0 aliphatic rings. The summed E-state index contributed by atoms with van der Waals surface area (Å²) >= 11 is 0. The van der Waals surface area contributed by atoms with Crippen LogP contribution in [0.25, 0.3) is 27.7 Å². The predicted octanol–water partition coefficient (Wildman–Crippen LogP) is 4.37. The number of hydrogen-bond acceptors (Lipinski definition) is 6. The van der Waals surface area contributed by atoms with E-state index in [9.17, 15) is 8.42 Å². The Morgan fingerprint density at radius 3 is 2.36 bits per heavy atom. The van der Waals surface area contributed by atoms with E-state index in [-0.39, 0.29) is 4.90 Å². The number of anilines is 1. The molecular weight excluding hydrogens is 438 g/mol. The number of fused-ring (bicyclic) bond motifs is 3. The van der Waals surface area contributed by atoms with Crippen LogP contribution in [0.4, 0.5) is 5.69 Å². The lowest BCUT2D eigenvalue weighted by atomic mass is 10.0. The van der Waals surface area contributed by atoms with Gasteiger partial charge in [-0.2, -0.15) is 9.61 Å². The number of hydrogen-bond donors (Lipinski definition) is 1. The first kappa shape index (κ1) is 20.9. The van der Waals surface area contributed by atoms with E-state index in [1.807, 2.05) is 37.3 Å². The van der Waals surface area contributed by atoms with Gasteiger partial charge in [0.25, 0.3) is 10.0 Å². The summed E-state index contributed by atoms with van der Waals surface area (Å²) in [6, 6.07) is 19.8. The predicted molar refractivity (Wildman–Crippen MR) is 127 cm³/mol. The van der Waals surface area contributed by atoms with E-state index in [1.165, 1.54) is 0 Å². The van der Waals surface area contributed by atoms with E-state index in [2.05, 4.69) is 14.9 Å². The van der Waals surface area contributed by atoms with Crippen molar-refractivity contribution in [1.29, 1.82) is 0 Å². The first-order chi connectivity index (χ1) is 15.9. The topological polar surface area (TPSA) is 98.5 Å². The Morgan fingerprint density at radius 2 is 1.64 bits per heavy atom. The highest BCUT2D eigenvalue weighted by Gasteiger charge is 2.20. The molecule has 0 saturated carbocycles. The lowest BCUT2D eigenvalue weighted by Crippen LogP contribution is -2.14. The van der Waals surface area contributed by atoms with Crippen molar-refractivity contribution in [3.63, 3.8) is 0 Å². The molecule has 5 rings (SSSR count). The Bertz CT molecular complexity index is 1610. The molecular formula is C24H21N5O3S. The number of nitrogens with one attached hydrogen (secondary N) is 1. The Morgan fingerprint density at radius 1 is 0.909 bits per heavy atom. The van der Waals surface area contributed by atoms with Gasteiger partial charge in [-0.05, 0) is 49.7 Å². The van der Waals surface area contributed by atoms with Gasteiger partial charge in [-0.3, -0.25) is 4.72 Å². The smallest absolute Gasteiger partial charge is 0.262 e. The highest BCUT2D eigenvalue weighted by molar-refractivity contribution is 7.92. The van der Waals surface area contributed by atoms with Gasteiger partial charge >= 0.3 is 0 Å². The van der Waals surface area contributed by atoms with E-state index in [1.54, 1.807) is 54.9 Å². The molecule has 0 saturated heterocycles. The monoisotopic (exact) mass is 459 g/mol. The van der Waals surface area contributed by atoms with Crippen molar-refractivity contribution in [3.8, 4) is 17.0 Å². The zero-order valence-corrected chi connectivity index (χ0v) is 19.1. The quantitative estimate of drug-likeness (QED) is 0.419. The van der Waals surface area contributed by atoms with Gasteiger partial charge < -0.3 is 4.74 Å². The third-order valence-electron chi connectivity index (χ3n) is 5.51. The third-order valence-corrected chi connectivity index (χ3v) is 7.04. The number of aromatic nitrogens is 4. The number of ether oxygens (including phenoxy) is 1. The minimum absolute atomic E-state index is 0.183. The molecule has 0 radical (unpaired) electrons. The molecule has 1 N–H and O–H groups in total. The summed E-state index contributed by atoms with van der Waals surface area (Å²) in [7, 11) is -2.28. The van der Waals surface area contributed by atoms with Crippen molar-refractivity contribution in [3.05, 3.63) is 78.1 Å². The first-order valence-corrected chi connectivity index (χ1v) is 11.7. The molecule has 0 unspecified atom stereocenters. The van der Waals surface area contributed by atoms with E-state index in [0.29, 0.717) is 39.7 Å². The average Bonchev–Trinajstić information content (AvgIpc) is 3.20. The maximum atomic E-state index is 13.3. The van der Waals surface area contributed by atoms with Crippen LogP contribution >= 0.6 is 0 Å². The van der Waals surface area contributed by atoms with Gasteiger partial charge in [0.05, 0.1) is 17.7 Å². The number of rotatable bonds is 5. The van der Waals surface area contributed by atoms with Gasteiger partial charge in [-0.1, -0.05) is 36.4 Å². The van der Waals surface area contributed by atoms with Crippen LogP contribution < -0.4 is 9.46 Å². The van der Waals surface area contributed by atoms with Crippen LogP contribution in [0.15, 0.2) is 71.6 Å². The van der Waals surface area contributed by atoms with Crippen molar-refractivity contribution >= 4 is 32.1 Å². The molecule has 166 valence electrons. The third kappa shape index (κ3) is 3.66. The Kier molecular flexibility index (Phi) is 4.98. The Hall–Kier alpha value is -3.98. The molecule has 2 heterocycles. The number of benzene rings is 3. The molecule has 2 aromatic heterocycles. The summed E-state index contributed by atoms with van der Waals surface area (Å²) in [5.41, 5.74) is 3.08. The maximum Gasteiger partial charge on any atom is 0.262 e. The summed E-state index contributed by atoms with van der Waals surface area (Å²) in [6.45, 7) is 3.60. The molecule has 5 aromatic rings. The normalized spacial score (nSPS) is 11.7. The molecule has 0 aliphatic heterocycles. The zero-order chi connectivity index (χ0) is 23.2. The SMILES string of the molecule is COc1ccc(NS(=O)(=O)c2cc(-c3nn4c(C)nnc4c4ccccc34)ccc2C)cc1. The van der Waals surface area contributed by atoms with E-state index in [0.717, 1.165) is 10.8 Å². The minimum atomic E-state index is -3.84. The molecule has 0 atom stereocenters. The van der Waals surface area contributed by atoms with Crippen LogP contribution in [0, 0.1) is 13.8 Å². The summed E-state index contributed by atoms with van der Waals surface area (Å²) < 4.78 is 36.0. The summed E-state index contributed by atoms with van der Waals surface area (Å²) in [5, 5.41) is 14.9. The lowest BCUT2D eigenvalue weighted by molar-refractivity contribution is 0.415. The van der Waals surface area contributed by atoms with Crippen LogP contribution in [0.2, 0.25) is 0 Å². The first-order valence-electron chi connectivity index (χ1n) is 10.3. The zero-order valence-electron chi connectivity index (χ0n) is 18.3. The van der Waals surface area contributed by atoms with Gasteiger partial charge in [0.2, 0.25) is 0 Å². The number of methoxy groups -OCH3 is 1. The van der Waals surface area contributed by atoms with Crippen LogP contribution in [-0.4, -0.2) is 35.3 Å². The van der Waals surface area contributed by atoms with E-state index in [4.69, 9.17) is 9.84 Å². The van der Waals surface area contributed by atoms with Crippen molar-refractivity contribution in [2.75, 3.05) is 11.8 Å². The van der Waals surface area contributed by atoms with Gasteiger partial charge in [0.15, 0.2) is 11.5 Å². The highest BCUT2D eigenvalue weighted by atomic mass is 32.2. The van der Waals surface area contributed by atoms with Crippen LogP contribution in [0.5, 0.6) is 5.75 Å². The summed E-state index contributed by atoms with van der Waals surface area (Å²) in [5.74, 6) is 1.30. The van der Waals surface area contributed by atoms with Crippen molar-refractivity contribution in [2.24, 2.45) is 0 Å². The minimum Gasteiger partial charge on any atom is -0.497 e. The molecule has 33 heavy (non-hydrogen) atoms. The van der Waals surface area contributed by atoms with Crippen LogP contribution in [0.1, 0.15) is 11.4 Å². The van der Waals surface area contributed by atoms with Gasteiger partial charge in [-0.15, -0.1) is 10.2 Å². The fourth-order valence-electron chi connectivity index (χ4n) is 3.80. The fourth-order valence-corrected chi connectivity index (χ4v) is 5.13. The van der Waals surface area contributed by atoms with Crippen LogP contribution in [0.3, 0.4) is 0 Å². The molecule has 0 aliphatic carbocycles. The molecule has 0 amide bonds. The molecule has 0 spiro atoms. The van der Waals surface area contributed by atoms with E-state index < -0.39 is 10.0 Å². The molecule has 9 heteroatoms.